The van der Waals surface area contributed by atoms with Crippen molar-refractivity contribution in [3.63, 3.8) is 0 Å². The first kappa shape index (κ1) is 25.2. The number of hydrogen-bond donors (Lipinski definition) is 3. The molecular weight excluding hydrogens is 546 g/mol. The number of carbonyl (C=O) groups is 4. The second-order valence-electron chi connectivity index (χ2n) is 10.4. The van der Waals surface area contributed by atoms with E-state index < -0.39 is 29.7 Å². The van der Waals surface area contributed by atoms with Crippen LogP contribution in [0.4, 0.5) is 11.6 Å². The van der Waals surface area contributed by atoms with Crippen LogP contribution < -0.4 is 15.5 Å². The molecule has 0 radical (unpaired) electrons. The zero-order valence-electron chi connectivity index (χ0n) is 21.7. The van der Waals surface area contributed by atoms with Crippen LogP contribution in [0.1, 0.15) is 40.0 Å². The molecule has 2 aromatic carbocycles. The first-order valence-corrected chi connectivity index (χ1v) is 13.7. The highest BCUT2D eigenvalue weighted by Crippen LogP contribution is 2.34. The number of nitrogens with zero attached hydrogens (tertiary/aromatic N) is 4. The summed E-state index contributed by atoms with van der Waals surface area (Å²) in [7, 11) is 0. The first-order valence-electron chi connectivity index (χ1n) is 13.3. The number of aromatic nitrogens is 3. The van der Waals surface area contributed by atoms with Crippen LogP contribution in [0.15, 0.2) is 54.9 Å². The molecule has 2 saturated heterocycles. The van der Waals surface area contributed by atoms with Crippen LogP contribution in [0, 0.1) is 0 Å². The van der Waals surface area contributed by atoms with Crippen molar-refractivity contribution in [1.29, 1.82) is 0 Å². The van der Waals surface area contributed by atoms with E-state index in [9.17, 15) is 19.2 Å². The molecule has 3 aliphatic heterocycles. The van der Waals surface area contributed by atoms with Gasteiger partial charge in [-0.15, -0.1) is 0 Å². The highest BCUT2D eigenvalue weighted by Gasteiger charge is 2.44. The molecule has 2 unspecified atom stereocenters. The molecule has 0 bridgehead atoms. The van der Waals surface area contributed by atoms with Crippen molar-refractivity contribution in [3.8, 4) is 11.3 Å². The van der Waals surface area contributed by atoms with Gasteiger partial charge in [-0.3, -0.25) is 29.4 Å². The van der Waals surface area contributed by atoms with Gasteiger partial charge in [0.15, 0.2) is 0 Å². The van der Waals surface area contributed by atoms with E-state index >= 15 is 0 Å². The van der Waals surface area contributed by atoms with E-state index in [0.29, 0.717) is 23.2 Å². The number of fused-ring (bicyclic) bond motifs is 2. The fourth-order valence-corrected chi connectivity index (χ4v) is 6.04. The van der Waals surface area contributed by atoms with Crippen LogP contribution in [0.25, 0.3) is 22.2 Å². The number of amides is 4. The Bertz CT molecular complexity index is 1770. The van der Waals surface area contributed by atoms with Crippen molar-refractivity contribution in [2.24, 2.45) is 0 Å². The highest BCUT2D eigenvalue weighted by molar-refractivity contribution is 6.33. The number of hydrogen-bond acceptors (Lipinski definition) is 8. The maximum atomic E-state index is 13.2. The van der Waals surface area contributed by atoms with Gasteiger partial charge >= 0.3 is 0 Å². The van der Waals surface area contributed by atoms with Gasteiger partial charge in [-0.2, -0.15) is 0 Å². The molecule has 0 aliphatic carbocycles. The Morgan fingerprint density at radius 2 is 1.80 bits per heavy atom. The molecule has 2 aromatic heterocycles. The first-order chi connectivity index (χ1) is 19.9. The zero-order chi connectivity index (χ0) is 28.2. The molecule has 7 rings (SSSR count). The summed E-state index contributed by atoms with van der Waals surface area (Å²) >= 11 is 6.48. The Hall–Kier alpha value is -4.77. The predicted molar refractivity (Wildman–Crippen MR) is 152 cm³/mol. The lowest BCUT2D eigenvalue weighted by atomic mass is 10.0. The van der Waals surface area contributed by atoms with Gasteiger partial charge in [-0.05, 0) is 37.1 Å². The minimum absolute atomic E-state index is 0.0394. The smallest absolute Gasteiger partial charge is 0.262 e. The highest BCUT2D eigenvalue weighted by atomic mass is 35.5. The maximum Gasteiger partial charge on any atom is 0.262 e. The Morgan fingerprint density at radius 1 is 0.976 bits per heavy atom. The second kappa shape index (κ2) is 9.70. The largest absolute Gasteiger partial charge is 0.369 e. The molecule has 206 valence electrons. The molecule has 4 aromatic rings. The number of nitrogens with one attached hydrogen (secondary N) is 3. The van der Waals surface area contributed by atoms with Crippen LogP contribution in [0.3, 0.4) is 0 Å². The number of para-hydroxylation sites is 1. The number of rotatable bonds is 5. The van der Waals surface area contributed by atoms with Crippen molar-refractivity contribution in [2.75, 3.05) is 23.3 Å². The third-order valence-corrected chi connectivity index (χ3v) is 8.18. The average molecular weight is 570 g/mol. The number of benzene rings is 2. The third kappa shape index (κ3) is 4.29. The van der Waals surface area contributed by atoms with E-state index in [-0.39, 0.29) is 30.0 Å². The Labute approximate surface area is 238 Å². The molecule has 2 atom stereocenters. The number of halogens is 1. The zero-order valence-corrected chi connectivity index (χ0v) is 22.4. The van der Waals surface area contributed by atoms with Gasteiger partial charge in [0.05, 0.1) is 28.0 Å². The fourth-order valence-electron chi connectivity index (χ4n) is 5.84. The number of carbonyl (C=O) groups excluding carboxylic acids is 4. The van der Waals surface area contributed by atoms with Crippen molar-refractivity contribution in [2.45, 2.75) is 31.3 Å². The average Bonchev–Trinajstić information content (AvgIpc) is 3.67. The van der Waals surface area contributed by atoms with Gasteiger partial charge in [0.1, 0.15) is 6.04 Å². The molecule has 0 spiro atoms. The molecule has 3 N–H and O–H groups in total. The minimum atomic E-state index is -0.988. The van der Waals surface area contributed by atoms with Gasteiger partial charge < -0.3 is 15.2 Å². The third-order valence-electron chi connectivity index (χ3n) is 7.90. The maximum absolute atomic E-state index is 13.2. The van der Waals surface area contributed by atoms with E-state index in [4.69, 9.17) is 16.6 Å². The lowest BCUT2D eigenvalue weighted by molar-refractivity contribution is -0.136. The summed E-state index contributed by atoms with van der Waals surface area (Å²) < 4.78 is 0. The van der Waals surface area contributed by atoms with Crippen molar-refractivity contribution < 1.29 is 19.2 Å². The SMILES string of the molecule is O=C1CCC(N2C(=O)c3ccc(N4CCC(Nc5ncc(Cl)c(-c6c[nH]c7ccccc67)n5)C4)cc3C2=O)C(=O)N1. The molecule has 3 aliphatic rings. The van der Waals surface area contributed by atoms with E-state index in [1.54, 1.807) is 18.3 Å². The minimum Gasteiger partial charge on any atom is -0.369 e. The van der Waals surface area contributed by atoms with Crippen LogP contribution in [0.2, 0.25) is 5.02 Å². The van der Waals surface area contributed by atoms with Gasteiger partial charge in [0, 0.05) is 53.9 Å². The van der Waals surface area contributed by atoms with Crippen LogP contribution >= 0.6 is 11.6 Å². The van der Waals surface area contributed by atoms with E-state index in [1.165, 1.54) is 0 Å². The number of H-pyrrole nitrogens is 1. The summed E-state index contributed by atoms with van der Waals surface area (Å²) in [5.74, 6) is -1.59. The standard InChI is InChI=1S/C29H24ClN7O4/c30-21-13-32-29(35-25(21)20-12-31-22-4-2-1-3-17(20)22)33-15-9-10-36(14-15)16-5-6-18-19(11-16)28(41)37(27(18)40)23-7-8-24(38)34-26(23)39/h1-6,11-13,15,23,31H,7-10,14H2,(H,32,33,35)(H,34,38,39). The van der Waals surface area contributed by atoms with Crippen molar-refractivity contribution in [1.82, 2.24) is 25.2 Å². The van der Waals surface area contributed by atoms with Gasteiger partial charge in [0.2, 0.25) is 17.8 Å². The quantitative estimate of drug-likeness (QED) is 0.311. The summed E-state index contributed by atoms with van der Waals surface area (Å²) in [5, 5.41) is 7.11. The molecule has 0 saturated carbocycles. The van der Waals surface area contributed by atoms with E-state index in [0.717, 1.165) is 40.0 Å². The van der Waals surface area contributed by atoms with E-state index in [1.807, 2.05) is 36.5 Å². The Kier molecular flexibility index (Phi) is 5.97. The number of piperidine rings is 1. The topological polar surface area (TPSA) is 140 Å². The monoisotopic (exact) mass is 569 g/mol. The summed E-state index contributed by atoms with van der Waals surface area (Å²) in [6, 6.07) is 12.1. The number of aromatic amines is 1. The van der Waals surface area contributed by atoms with Gasteiger partial charge in [0.25, 0.3) is 11.8 Å². The summed E-state index contributed by atoms with van der Waals surface area (Å²) in [4.78, 5) is 65.6. The lowest BCUT2D eigenvalue weighted by Gasteiger charge is -2.27. The molecule has 11 nitrogen and oxygen atoms in total. The fraction of sp³-hybridized carbons (Fsp3) is 0.241. The van der Waals surface area contributed by atoms with Crippen LogP contribution in [-0.4, -0.2) is 68.7 Å². The Balaban J connectivity index is 1.07. The second-order valence-corrected chi connectivity index (χ2v) is 10.8. The molecule has 41 heavy (non-hydrogen) atoms. The van der Waals surface area contributed by atoms with Gasteiger partial charge in [-0.25, -0.2) is 9.97 Å². The molecule has 4 amide bonds. The molecule has 2 fully saturated rings. The lowest BCUT2D eigenvalue weighted by Crippen LogP contribution is -2.54. The molecule has 5 heterocycles. The summed E-state index contributed by atoms with van der Waals surface area (Å²) in [6.45, 7) is 1.35. The van der Waals surface area contributed by atoms with Crippen molar-refractivity contribution >= 4 is 57.8 Å². The summed E-state index contributed by atoms with van der Waals surface area (Å²) in [6.07, 6.45) is 4.50. The summed E-state index contributed by atoms with van der Waals surface area (Å²) in [5.41, 5.74) is 3.85. The molecule has 12 heteroatoms. The van der Waals surface area contributed by atoms with E-state index in [2.05, 4.69) is 25.5 Å². The number of imide groups is 2. The van der Waals surface area contributed by atoms with Crippen LogP contribution in [-0.2, 0) is 9.59 Å². The van der Waals surface area contributed by atoms with Crippen molar-refractivity contribution in [3.05, 3.63) is 71.0 Å². The Morgan fingerprint density at radius 3 is 2.66 bits per heavy atom. The van der Waals surface area contributed by atoms with Gasteiger partial charge in [-0.1, -0.05) is 29.8 Å². The normalized spacial score (nSPS) is 20.6. The molecular formula is C29H24ClN7O4. The predicted octanol–water partition coefficient (Wildman–Crippen LogP) is 3.37. The number of anilines is 2. The van der Waals surface area contributed by atoms with Crippen LogP contribution in [0.5, 0.6) is 0 Å².